The summed E-state index contributed by atoms with van der Waals surface area (Å²) in [6.07, 6.45) is 4.09. The second kappa shape index (κ2) is 5.26. The Kier molecular flexibility index (Phi) is 3.31. The van der Waals surface area contributed by atoms with Crippen molar-refractivity contribution in [1.82, 2.24) is 9.97 Å². The fourth-order valence-corrected chi connectivity index (χ4v) is 2.54. The lowest BCUT2D eigenvalue weighted by Crippen LogP contribution is -2.18. The molecule has 1 aliphatic rings. The molecule has 4 nitrogen and oxygen atoms in total. The molecule has 1 aliphatic heterocycles. The van der Waals surface area contributed by atoms with Gasteiger partial charge in [-0.2, -0.15) is 4.98 Å². The molecule has 0 spiro atoms. The molecule has 2 heterocycles. The number of hydrogen-bond donors (Lipinski definition) is 2. The van der Waals surface area contributed by atoms with Crippen LogP contribution in [0.2, 0.25) is 0 Å². The van der Waals surface area contributed by atoms with Crippen molar-refractivity contribution in [2.24, 2.45) is 0 Å². The average molecular weight is 254 g/mol. The first kappa shape index (κ1) is 12.0. The number of nitrogen functional groups attached to an aromatic ring is 1. The Morgan fingerprint density at radius 2 is 1.95 bits per heavy atom. The van der Waals surface area contributed by atoms with Crippen LogP contribution in [-0.4, -0.2) is 16.5 Å². The first-order valence-electron chi connectivity index (χ1n) is 6.76. The van der Waals surface area contributed by atoms with Crippen molar-refractivity contribution in [2.45, 2.75) is 25.7 Å². The van der Waals surface area contributed by atoms with E-state index in [4.69, 9.17) is 5.73 Å². The molecule has 0 fully saturated rings. The van der Waals surface area contributed by atoms with E-state index in [9.17, 15) is 0 Å². The summed E-state index contributed by atoms with van der Waals surface area (Å²) in [5.41, 5.74) is 9.46. The Labute approximate surface area is 113 Å². The van der Waals surface area contributed by atoms with E-state index in [-0.39, 0.29) is 0 Å². The Morgan fingerprint density at radius 1 is 1.11 bits per heavy atom. The summed E-state index contributed by atoms with van der Waals surface area (Å²) >= 11 is 0. The summed E-state index contributed by atoms with van der Waals surface area (Å²) in [6, 6.07) is 10.5. The Bertz CT molecular complexity index is 566. The van der Waals surface area contributed by atoms with Gasteiger partial charge < -0.3 is 11.1 Å². The van der Waals surface area contributed by atoms with E-state index in [0.717, 1.165) is 43.7 Å². The molecule has 0 saturated heterocycles. The largest absolute Gasteiger partial charge is 0.370 e. The van der Waals surface area contributed by atoms with Gasteiger partial charge in [0, 0.05) is 12.1 Å². The lowest BCUT2D eigenvalue weighted by Gasteiger charge is -2.19. The number of rotatable bonds is 3. The first-order chi connectivity index (χ1) is 9.33. The highest BCUT2D eigenvalue weighted by Crippen LogP contribution is 2.24. The highest BCUT2D eigenvalue weighted by molar-refractivity contribution is 5.51. The molecule has 1 aromatic heterocycles. The van der Waals surface area contributed by atoms with Crippen molar-refractivity contribution < 1.29 is 0 Å². The van der Waals surface area contributed by atoms with Gasteiger partial charge in [0.25, 0.3) is 0 Å². The van der Waals surface area contributed by atoms with Gasteiger partial charge >= 0.3 is 0 Å². The number of benzene rings is 1. The molecule has 0 unspecified atom stereocenters. The maximum Gasteiger partial charge on any atom is 0.222 e. The van der Waals surface area contributed by atoms with Crippen molar-refractivity contribution in [3.05, 3.63) is 47.2 Å². The second-order valence-electron chi connectivity index (χ2n) is 4.87. The third kappa shape index (κ3) is 2.67. The summed E-state index contributed by atoms with van der Waals surface area (Å²) in [5.74, 6) is 1.30. The fraction of sp³-hybridized carbons (Fsp3) is 0.333. The van der Waals surface area contributed by atoms with Gasteiger partial charge in [0.15, 0.2) is 0 Å². The molecule has 4 heteroatoms. The van der Waals surface area contributed by atoms with E-state index < -0.39 is 0 Å². The van der Waals surface area contributed by atoms with Crippen molar-refractivity contribution >= 4 is 11.8 Å². The maximum atomic E-state index is 5.79. The molecule has 0 amide bonds. The highest BCUT2D eigenvalue weighted by atomic mass is 15.1. The van der Waals surface area contributed by atoms with E-state index in [1.165, 1.54) is 11.1 Å². The smallest absolute Gasteiger partial charge is 0.222 e. The summed E-state index contributed by atoms with van der Waals surface area (Å²) in [7, 11) is 0. The van der Waals surface area contributed by atoms with Crippen LogP contribution in [0.1, 0.15) is 23.2 Å². The first-order valence-corrected chi connectivity index (χ1v) is 6.76. The summed E-state index contributed by atoms with van der Waals surface area (Å²) in [4.78, 5) is 8.71. The number of aryl methyl sites for hydroxylation is 2. The van der Waals surface area contributed by atoms with E-state index in [2.05, 4.69) is 39.6 Å². The third-order valence-corrected chi connectivity index (χ3v) is 3.50. The van der Waals surface area contributed by atoms with Crippen LogP contribution in [-0.2, 0) is 19.3 Å². The number of hydrogen-bond acceptors (Lipinski definition) is 4. The minimum Gasteiger partial charge on any atom is -0.370 e. The van der Waals surface area contributed by atoms with E-state index in [0.29, 0.717) is 5.95 Å². The lowest BCUT2D eigenvalue weighted by molar-refractivity contribution is 0.777. The molecule has 0 saturated carbocycles. The zero-order chi connectivity index (χ0) is 13.1. The molecule has 0 aliphatic carbocycles. The predicted molar refractivity (Wildman–Crippen MR) is 77.1 cm³/mol. The van der Waals surface area contributed by atoms with Crippen LogP contribution < -0.4 is 11.1 Å². The third-order valence-electron chi connectivity index (χ3n) is 3.50. The second-order valence-corrected chi connectivity index (χ2v) is 4.87. The van der Waals surface area contributed by atoms with Crippen LogP contribution in [0.3, 0.4) is 0 Å². The van der Waals surface area contributed by atoms with Crippen molar-refractivity contribution in [2.75, 3.05) is 17.6 Å². The zero-order valence-electron chi connectivity index (χ0n) is 10.9. The quantitative estimate of drug-likeness (QED) is 0.881. The molecule has 0 radical (unpaired) electrons. The van der Waals surface area contributed by atoms with E-state index in [1.54, 1.807) is 0 Å². The zero-order valence-corrected chi connectivity index (χ0v) is 10.9. The van der Waals surface area contributed by atoms with Gasteiger partial charge in [0.2, 0.25) is 5.95 Å². The molecule has 3 rings (SSSR count). The van der Waals surface area contributed by atoms with Gasteiger partial charge in [-0.1, -0.05) is 30.3 Å². The molecular weight excluding hydrogens is 236 g/mol. The molecule has 98 valence electrons. The molecule has 0 atom stereocenters. The Balaban J connectivity index is 1.82. The van der Waals surface area contributed by atoms with E-state index >= 15 is 0 Å². The Hall–Kier alpha value is -2.10. The van der Waals surface area contributed by atoms with Crippen molar-refractivity contribution in [3.8, 4) is 0 Å². The summed E-state index contributed by atoms with van der Waals surface area (Å²) in [6.45, 7) is 0.974. The normalized spacial score (nSPS) is 13.7. The lowest BCUT2D eigenvalue weighted by atomic mass is 10.0. The number of nitrogens with zero attached hydrogens (tertiary/aromatic N) is 2. The number of nitrogens with two attached hydrogens (primary N) is 1. The standard InChI is InChI=1S/C15H18N4/c16-15-18-13(9-8-11-5-2-1-3-6-11)12-7-4-10-17-14(12)19-15/h1-3,5-6H,4,7-10H2,(H3,16,17,18,19). The average Bonchev–Trinajstić information content (AvgIpc) is 2.45. The number of nitrogens with one attached hydrogen (secondary N) is 1. The topological polar surface area (TPSA) is 63.8 Å². The summed E-state index contributed by atoms with van der Waals surface area (Å²) < 4.78 is 0. The van der Waals surface area contributed by atoms with Gasteiger partial charge in [-0.15, -0.1) is 0 Å². The van der Waals surface area contributed by atoms with Crippen LogP contribution >= 0.6 is 0 Å². The van der Waals surface area contributed by atoms with Crippen LogP contribution in [0.15, 0.2) is 30.3 Å². The van der Waals surface area contributed by atoms with Gasteiger partial charge in [0.05, 0.1) is 5.69 Å². The fourth-order valence-electron chi connectivity index (χ4n) is 2.54. The molecule has 2 aromatic rings. The van der Waals surface area contributed by atoms with Crippen LogP contribution in [0.5, 0.6) is 0 Å². The molecule has 0 bridgehead atoms. The minimum absolute atomic E-state index is 0.371. The number of fused-ring (bicyclic) bond motifs is 1. The number of aromatic nitrogens is 2. The van der Waals surface area contributed by atoms with Gasteiger partial charge in [-0.25, -0.2) is 4.98 Å². The molecular formula is C15H18N4. The van der Waals surface area contributed by atoms with Crippen molar-refractivity contribution in [3.63, 3.8) is 0 Å². The van der Waals surface area contributed by atoms with E-state index in [1.807, 2.05) is 6.07 Å². The van der Waals surface area contributed by atoms with Gasteiger partial charge in [-0.3, -0.25) is 0 Å². The molecule has 19 heavy (non-hydrogen) atoms. The monoisotopic (exact) mass is 254 g/mol. The van der Waals surface area contributed by atoms with Crippen LogP contribution in [0.4, 0.5) is 11.8 Å². The molecule has 3 N–H and O–H groups in total. The Morgan fingerprint density at radius 3 is 2.79 bits per heavy atom. The van der Waals surface area contributed by atoms with Crippen LogP contribution in [0, 0.1) is 0 Å². The molecule has 1 aromatic carbocycles. The predicted octanol–water partition coefficient (Wildman–Crippen LogP) is 2.20. The highest BCUT2D eigenvalue weighted by Gasteiger charge is 2.16. The summed E-state index contributed by atoms with van der Waals surface area (Å²) in [5, 5.41) is 3.31. The van der Waals surface area contributed by atoms with Gasteiger partial charge in [-0.05, 0) is 31.2 Å². The number of anilines is 2. The van der Waals surface area contributed by atoms with Gasteiger partial charge in [0.1, 0.15) is 5.82 Å². The maximum absolute atomic E-state index is 5.79. The SMILES string of the molecule is Nc1nc(CCc2ccccc2)c2c(n1)NCCC2. The minimum atomic E-state index is 0.371. The van der Waals surface area contributed by atoms with Crippen LogP contribution in [0.25, 0.3) is 0 Å². The van der Waals surface area contributed by atoms with Crippen molar-refractivity contribution in [1.29, 1.82) is 0 Å².